The van der Waals surface area contributed by atoms with E-state index in [0.29, 0.717) is 6.07 Å². The number of likely N-dealkylation sites (tertiary alicyclic amines) is 1. The van der Waals surface area contributed by atoms with Crippen LogP contribution in [0.4, 0.5) is 21.4 Å². The fourth-order valence-corrected chi connectivity index (χ4v) is 2.93. The maximum Gasteiger partial charge on any atom is 0.416 e. The van der Waals surface area contributed by atoms with E-state index in [-0.39, 0.29) is 5.56 Å². The SMILES string of the molecule is O=C1CC(S(=O)(=O)F)CN1Cc1ccc(F)cc1C(F)(F)F. The van der Waals surface area contributed by atoms with Crippen LogP contribution in [0.3, 0.4) is 0 Å². The molecule has 22 heavy (non-hydrogen) atoms. The van der Waals surface area contributed by atoms with Crippen molar-refractivity contribution in [2.45, 2.75) is 24.4 Å². The van der Waals surface area contributed by atoms with Gasteiger partial charge in [0.1, 0.15) is 11.1 Å². The van der Waals surface area contributed by atoms with Crippen LogP contribution in [0, 0.1) is 5.82 Å². The highest BCUT2D eigenvalue weighted by Gasteiger charge is 2.40. The Bertz CT molecular complexity index is 701. The lowest BCUT2D eigenvalue weighted by molar-refractivity contribution is -0.139. The average Bonchev–Trinajstić information content (AvgIpc) is 2.72. The second-order valence-corrected chi connectivity index (χ2v) is 6.49. The molecule has 1 amide bonds. The second kappa shape index (κ2) is 5.49. The number of benzene rings is 1. The Hall–Kier alpha value is -1.71. The van der Waals surface area contributed by atoms with E-state index in [0.717, 1.165) is 17.0 Å². The highest BCUT2D eigenvalue weighted by Crippen LogP contribution is 2.34. The zero-order valence-electron chi connectivity index (χ0n) is 10.9. The van der Waals surface area contributed by atoms with Crippen LogP contribution in [0.15, 0.2) is 18.2 Å². The van der Waals surface area contributed by atoms with E-state index in [2.05, 4.69) is 0 Å². The summed E-state index contributed by atoms with van der Waals surface area (Å²) < 4.78 is 85.9. The number of hydrogen-bond acceptors (Lipinski definition) is 3. The van der Waals surface area contributed by atoms with E-state index in [4.69, 9.17) is 0 Å². The van der Waals surface area contributed by atoms with Crippen LogP contribution in [-0.4, -0.2) is 31.0 Å². The van der Waals surface area contributed by atoms with Crippen molar-refractivity contribution in [3.8, 4) is 0 Å². The third kappa shape index (κ3) is 3.54. The maximum atomic E-state index is 13.0. The van der Waals surface area contributed by atoms with Gasteiger partial charge in [0, 0.05) is 19.5 Å². The van der Waals surface area contributed by atoms with Crippen LogP contribution < -0.4 is 0 Å². The molecule has 0 aliphatic carbocycles. The molecule has 0 N–H and O–H groups in total. The number of alkyl halides is 3. The van der Waals surface area contributed by atoms with Gasteiger partial charge in [-0.25, -0.2) is 4.39 Å². The van der Waals surface area contributed by atoms with Crippen LogP contribution in [-0.2, 0) is 27.7 Å². The number of hydrogen-bond donors (Lipinski definition) is 0. The Morgan fingerprint density at radius 1 is 1.27 bits per heavy atom. The van der Waals surface area contributed by atoms with E-state index in [1.54, 1.807) is 0 Å². The Morgan fingerprint density at radius 2 is 1.91 bits per heavy atom. The second-order valence-electron chi connectivity index (χ2n) is 4.88. The van der Waals surface area contributed by atoms with Gasteiger partial charge in [-0.05, 0) is 17.7 Å². The zero-order valence-corrected chi connectivity index (χ0v) is 11.7. The van der Waals surface area contributed by atoms with Crippen LogP contribution in [0.2, 0.25) is 0 Å². The van der Waals surface area contributed by atoms with Crippen molar-refractivity contribution in [2.24, 2.45) is 0 Å². The molecule has 0 saturated carbocycles. The summed E-state index contributed by atoms with van der Waals surface area (Å²) in [4.78, 5) is 12.4. The zero-order chi connectivity index (χ0) is 16.7. The molecule has 2 rings (SSSR count). The summed E-state index contributed by atoms with van der Waals surface area (Å²) in [6.45, 7) is -1.10. The molecular formula is C12H10F5NO3S. The lowest BCUT2D eigenvalue weighted by Crippen LogP contribution is -2.28. The van der Waals surface area contributed by atoms with Crippen LogP contribution in [0.1, 0.15) is 17.5 Å². The summed E-state index contributed by atoms with van der Waals surface area (Å²) in [5, 5.41) is -1.59. The Morgan fingerprint density at radius 3 is 2.41 bits per heavy atom. The number of carbonyl (C=O) groups excluding carboxylic acids is 1. The number of nitrogens with zero attached hydrogens (tertiary/aromatic N) is 1. The summed E-state index contributed by atoms with van der Waals surface area (Å²) >= 11 is 0. The molecular weight excluding hydrogens is 333 g/mol. The molecule has 1 aliphatic rings. The van der Waals surface area contributed by atoms with Gasteiger partial charge in [-0.2, -0.15) is 21.6 Å². The van der Waals surface area contributed by atoms with Crippen LogP contribution in [0.25, 0.3) is 0 Å². The largest absolute Gasteiger partial charge is 0.416 e. The van der Waals surface area contributed by atoms with Crippen molar-refractivity contribution in [3.63, 3.8) is 0 Å². The molecule has 1 fully saturated rings. The first-order chi connectivity index (χ1) is 9.98. The summed E-state index contributed by atoms with van der Waals surface area (Å²) in [6.07, 6.45) is -5.45. The van der Waals surface area contributed by atoms with Crippen molar-refractivity contribution < 1.29 is 34.7 Å². The highest BCUT2D eigenvalue weighted by molar-refractivity contribution is 7.87. The standard InChI is InChI=1S/C12H10F5NO3S/c13-8-2-1-7(10(3-8)12(14,15)16)5-18-6-9(4-11(18)19)22(17,20)21/h1-3,9H,4-6H2. The molecule has 1 aliphatic heterocycles. The van der Waals surface area contributed by atoms with Gasteiger partial charge < -0.3 is 4.90 Å². The highest BCUT2D eigenvalue weighted by atomic mass is 32.3. The molecule has 4 nitrogen and oxygen atoms in total. The van der Waals surface area contributed by atoms with Gasteiger partial charge in [0.25, 0.3) is 0 Å². The summed E-state index contributed by atoms with van der Waals surface area (Å²) in [5.41, 5.74) is -1.65. The number of rotatable bonds is 3. The van der Waals surface area contributed by atoms with E-state index < -0.39 is 58.4 Å². The van der Waals surface area contributed by atoms with Gasteiger partial charge >= 0.3 is 16.4 Å². The predicted molar refractivity (Wildman–Crippen MR) is 65.3 cm³/mol. The maximum absolute atomic E-state index is 13.0. The van der Waals surface area contributed by atoms with E-state index in [1.807, 2.05) is 0 Å². The minimum Gasteiger partial charge on any atom is -0.337 e. The van der Waals surface area contributed by atoms with Crippen molar-refractivity contribution in [2.75, 3.05) is 6.54 Å². The molecule has 0 bridgehead atoms. The smallest absolute Gasteiger partial charge is 0.337 e. The first kappa shape index (κ1) is 16.7. The average molecular weight is 343 g/mol. The molecule has 1 aromatic rings. The lowest BCUT2D eigenvalue weighted by Gasteiger charge is -2.19. The summed E-state index contributed by atoms with van der Waals surface area (Å²) in [5.74, 6) is -1.86. The Balaban J connectivity index is 2.27. The summed E-state index contributed by atoms with van der Waals surface area (Å²) in [6, 6.07) is 1.95. The van der Waals surface area contributed by atoms with Crippen molar-refractivity contribution in [1.82, 2.24) is 4.90 Å². The molecule has 1 aromatic carbocycles. The van der Waals surface area contributed by atoms with Gasteiger partial charge in [0.2, 0.25) is 5.91 Å². The summed E-state index contributed by atoms with van der Waals surface area (Å²) in [7, 11) is -4.95. The number of halogens is 5. The topological polar surface area (TPSA) is 54.5 Å². The Kier molecular flexibility index (Phi) is 4.16. The third-order valence-corrected chi connectivity index (χ3v) is 4.43. The molecule has 0 aromatic heterocycles. The first-order valence-electron chi connectivity index (χ1n) is 6.05. The number of carbonyl (C=O) groups is 1. The van der Waals surface area contributed by atoms with Gasteiger partial charge in [-0.3, -0.25) is 4.79 Å². The molecule has 1 unspecified atom stereocenters. The molecule has 1 saturated heterocycles. The lowest BCUT2D eigenvalue weighted by atomic mass is 10.1. The number of amides is 1. The van der Waals surface area contributed by atoms with E-state index in [9.17, 15) is 34.7 Å². The monoisotopic (exact) mass is 343 g/mol. The predicted octanol–water partition coefficient (Wildman–Crippen LogP) is 2.24. The molecule has 0 radical (unpaired) electrons. The van der Waals surface area contributed by atoms with Gasteiger partial charge in [-0.1, -0.05) is 6.07 Å². The molecule has 122 valence electrons. The third-order valence-electron chi connectivity index (χ3n) is 3.32. The fourth-order valence-electron chi connectivity index (χ4n) is 2.23. The molecule has 1 atom stereocenters. The quantitative estimate of drug-likeness (QED) is 0.625. The first-order valence-corrected chi connectivity index (χ1v) is 7.50. The van der Waals surface area contributed by atoms with Gasteiger partial charge in [0.15, 0.2) is 0 Å². The van der Waals surface area contributed by atoms with Crippen molar-refractivity contribution in [1.29, 1.82) is 0 Å². The van der Waals surface area contributed by atoms with E-state index >= 15 is 0 Å². The molecule has 10 heteroatoms. The van der Waals surface area contributed by atoms with Crippen molar-refractivity contribution >= 4 is 16.1 Å². The minimum atomic E-state index is -4.95. The van der Waals surface area contributed by atoms with Gasteiger partial charge in [-0.15, -0.1) is 3.89 Å². The molecule has 1 heterocycles. The van der Waals surface area contributed by atoms with Crippen LogP contribution in [0.5, 0.6) is 0 Å². The molecule has 0 spiro atoms. The van der Waals surface area contributed by atoms with Gasteiger partial charge in [0.05, 0.1) is 5.56 Å². The Labute approximate surface area is 122 Å². The van der Waals surface area contributed by atoms with Crippen molar-refractivity contribution in [3.05, 3.63) is 35.1 Å². The van der Waals surface area contributed by atoms with Crippen LogP contribution >= 0.6 is 0 Å². The minimum absolute atomic E-state index is 0.291. The normalized spacial score (nSPS) is 19.8. The fraction of sp³-hybridized carbons (Fsp3) is 0.417. The van der Waals surface area contributed by atoms with E-state index in [1.165, 1.54) is 0 Å².